The molecule has 27 heavy (non-hydrogen) atoms. The van der Waals surface area contributed by atoms with Crippen molar-refractivity contribution in [3.8, 4) is 11.4 Å². The van der Waals surface area contributed by atoms with Crippen LogP contribution in [0.25, 0.3) is 11.4 Å². The molecular formula is C21H20N4OS. The van der Waals surface area contributed by atoms with E-state index in [0.29, 0.717) is 17.5 Å². The number of aryl methyl sites for hydroxylation is 2. The first kappa shape index (κ1) is 17.7. The molecule has 0 N–H and O–H groups in total. The molecule has 0 amide bonds. The highest BCUT2D eigenvalue weighted by Gasteiger charge is 2.17. The minimum atomic E-state index is 0.593. The molecule has 0 atom stereocenters. The van der Waals surface area contributed by atoms with E-state index in [0.717, 1.165) is 34.7 Å². The molecule has 3 aromatic rings. The van der Waals surface area contributed by atoms with Crippen LogP contribution in [0, 0.1) is 6.92 Å². The van der Waals surface area contributed by atoms with Crippen LogP contribution in [0.5, 0.6) is 0 Å². The molecule has 0 spiro atoms. The van der Waals surface area contributed by atoms with Crippen molar-refractivity contribution in [1.29, 1.82) is 0 Å². The monoisotopic (exact) mass is 376 g/mol. The fraction of sp³-hybridized carbons (Fsp3) is 0.238. The van der Waals surface area contributed by atoms with Gasteiger partial charge in [0.25, 0.3) is 0 Å². The van der Waals surface area contributed by atoms with Gasteiger partial charge in [-0.15, -0.1) is 5.10 Å². The summed E-state index contributed by atoms with van der Waals surface area (Å²) in [5, 5.41) is 13.7. The Balaban J connectivity index is 1.33. The summed E-state index contributed by atoms with van der Waals surface area (Å²) in [6.07, 6.45) is 1.76. The zero-order valence-corrected chi connectivity index (χ0v) is 16.2. The third-order valence-corrected chi connectivity index (χ3v) is 5.39. The lowest BCUT2D eigenvalue weighted by atomic mass is 10.1. The second-order valence-electron chi connectivity index (χ2n) is 6.43. The minimum Gasteiger partial charge on any atom is -0.338 e. The summed E-state index contributed by atoms with van der Waals surface area (Å²) in [7, 11) is 0. The molecule has 0 saturated carbocycles. The van der Waals surface area contributed by atoms with Crippen LogP contribution in [-0.4, -0.2) is 20.9 Å². The van der Waals surface area contributed by atoms with Gasteiger partial charge in [0, 0.05) is 12.0 Å². The van der Waals surface area contributed by atoms with Crippen molar-refractivity contribution < 1.29 is 4.52 Å². The molecule has 4 rings (SSSR count). The van der Waals surface area contributed by atoms with E-state index in [1.54, 1.807) is 11.8 Å². The quantitative estimate of drug-likeness (QED) is 0.625. The standard InChI is InChI=1S/C21H20N4OS/c1-3-15-6-10-17(11-7-15)21-22-19(26-25-21)13-27-20-12-18(23-24-20)16-8-4-14(2)5-9-16/h4-11H,3,12-13H2,1-2H3. The molecule has 2 aromatic carbocycles. The first-order chi connectivity index (χ1) is 13.2. The topological polar surface area (TPSA) is 63.6 Å². The predicted molar refractivity (Wildman–Crippen MR) is 110 cm³/mol. The molecule has 1 aliphatic heterocycles. The minimum absolute atomic E-state index is 0.593. The van der Waals surface area contributed by atoms with Gasteiger partial charge < -0.3 is 4.52 Å². The molecule has 5 nitrogen and oxygen atoms in total. The fourth-order valence-corrected chi connectivity index (χ4v) is 3.53. The van der Waals surface area contributed by atoms with E-state index in [9.17, 15) is 0 Å². The van der Waals surface area contributed by atoms with Crippen molar-refractivity contribution in [2.75, 3.05) is 0 Å². The van der Waals surface area contributed by atoms with Crippen LogP contribution in [0.2, 0.25) is 0 Å². The zero-order valence-electron chi connectivity index (χ0n) is 15.3. The molecule has 136 valence electrons. The van der Waals surface area contributed by atoms with Crippen LogP contribution >= 0.6 is 11.8 Å². The van der Waals surface area contributed by atoms with Crippen molar-refractivity contribution in [1.82, 2.24) is 10.1 Å². The lowest BCUT2D eigenvalue weighted by Crippen LogP contribution is -2.01. The average Bonchev–Trinajstić information content (AvgIpc) is 3.37. The summed E-state index contributed by atoms with van der Waals surface area (Å²) in [5.41, 5.74) is 5.62. The largest absolute Gasteiger partial charge is 0.338 e. The molecule has 0 fully saturated rings. The van der Waals surface area contributed by atoms with Crippen molar-refractivity contribution >= 4 is 22.5 Å². The highest BCUT2D eigenvalue weighted by Crippen LogP contribution is 2.23. The maximum atomic E-state index is 5.39. The van der Waals surface area contributed by atoms with Crippen LogP contribution in [0.4, 0.5) is 0 Å². The zero-order chi connectivity index (χ0) is 18.6. The molecule has 1 aromatic heterocycles. The number of thioether (sulfide) groups is 1. The van der Waals surface area contributed by atoms with Crippen LogP contribution < -0.4 is 0 Å². The summed E-state index contributed by atoms with van der Waals surface area (Å²) in [6.45, 7) is 4.22. The molecule has 1 aliphatic rings. The Morgan fingerprint density at radius 1 is 0.963 bits per heavy atom. The Morgan fingerprint density at radius 3 is 2.44 bits per heavy atom. The molecule has 2 heterocycles. The van der Waals surface area contributed by atoms with Gasteiger partial charge in [-0.2, -0.15) is 10.1 Å². The van der Waals surface area contributed by atoms with E-state index in [1.165, 1.54) is 11.1 Å². The van der Waals surface area contributed by atoms with Gasteiger partial charge >= 0.3 is 0 Å². The summed E-state index contributed by atoms with van der Waals surface area (Å²) in [5.74, 6) is 1.81. The van der Waals surface area contributed by atoms with E-state index in [4.69, 9.17) is 4.52 Å². The molecule has 6 heteroatoms. The second-order valence-corrected chi connectivity index (χ2v) is 7.48. The van der Waals surface area contributed by atoms with Crippen molar-refractivity contribution in [2.45, 2.75) is 32.4 Å². The van der Waals surface area contributed by atoms with Crippen LogP contribution in [0.1, 0.15) is 35.9 Å². The Bertz CT molecular complexity index is 988. The van der Waals surface area contributed by atoms with E-state index in [-0.39, 0.29) is 0 Å². The first-order valence-corrected chi connectivity index (χ1v) is 9.95. The molecule has 0 aliphatic carbocycles. The normalized spacial score (nSPS) is 13.6. The van der Waals surface area contributed by atoms with Crippen molar-refractivity contribution in [3.05, 3.63) is 71.1 Å². The Hall–Kier alpha value is -2.73. The number of nitrogens with zero attached hydrogens (tertiary/aromatic N) is 4. The average molecular weight is 376 g/mol. The predicted octanol–water partition coefficient (Wildman–Crippen LogP) is 5.05. The highest BCUT2D eigenvalue weighted by molar-refractivity contribution is 8.13. The van der Waals surface area contributed by atoms with Gasteiger partial charge in [-0.3, -0.25) is 0 Å². The van der Waals surface area contributed by atoms with Crippen LogP contribution in [0.3, 0.4) is 0 Å². The Morgan fingerprint density at radius 2 is 1.70 bits per heavy atom. The highest BCUT2D eigenvalue weighted by atomic mass is 32.2. The van der Waals surface area contributed by atoms with Crippen molar-refractivity contribution in [3.63, 3.8) is 0 Å². The van der Waals surface area contributed by atoms with Gasteiger partial charge in [0.05, 0.1) is 11.5 Å². The molecular weight excluding hydrogens is 356 g/mol. The summed E-state index contributed by atoms with van der Waals surface area (Å²) in [4.78, 5) is 4.49. The smallest absolute Gasteiger partial charge is 0.237 e. The SMILES string of the molecule is CCc1ccc(-c2noc(CSC3=NN=C(c4ccc(C)cc4)C3)n2)cc1. The Kier molecular flexibility index (Phi) is 5.16. The number of hydrogen-bond donors (Lipinski definition) is 0. The van der Waals surface area contributed by atoms with Gasteiger partial charge in [0.15, 0.2) is 0 Å². The van der Waals surface area contributed by atoms with E-state index < -0.39 is 0 Å². The lowest BCUT2D eigenvalue weighted by molar-refractivity contribution is 0.392. The third-order valence-electron chi connectivity index (χ3n) is 4.44. The van der Waals surface area contributed by atoms with E-state index >= 15 is 0 Å². The fourth-order valence-electron chi connectivity index (χ4n) is 2.78. The number of hydrogen-bond acceptors (Lipinski definition) is 6. The van der Waals surface area contributed by atoms with Crippen LogP contribution in [-0.2, 0) is 12.2 Å². The van der Waals surface area contributed by atoms with Gasteiger partial charge in [0.1, 0.15) is 5.04 Å². The third kappa shape index (κ3) is 4.17. The summed E-state index contributed by atoms with van der Waals surface area (Å²) in [6, 6.07) is 16.6. The molecule has 0 radical (unpaired) electrons. The van der Waals surface area contributed by atoms with Crippen molar-refractivity contribution in [2.24, 2.45) is 10.2 Å². The van der Waals surface area contributed by atoms with Gasteiger partial charge in [-0.1, -0.05) is 77.9 Å². The maximum absolute atomic E-state index is 5.39. The number of rotatable bonds is 5. The number of benzene rings is 2. The van der Waals surface area contributed by atoms with Crippen LogP contribution in [0.15, 0.2) is 63.3 Å². The van der Waals surface area contributed by atoms with E-state index in [2.05, 4.69) is 70.6 Å². The number of aromatic nitrogens is 2. The maximum Gasteiger partial charge on any atom is 0.237 e. The van der Waals surface area contributed by atoms with Gasteiger partial charge in [-0.05, 0) is 24.5 Å². The first-order valence-electron chi connectivity index (χ1n) is 8.96. The second kappa shape index (κ2) is 7.88. The van der Waals surface area contributed by atoms with E-state index in [1.807, 2.05) is 12.1 Å². The summed E-state index contributed by atoms with van der Waals surface area (Å²) >= 11 is 1.59. The summed E-state index contributed by atoms with van der Waals surface area (Å²) < 4.78 is 5.39. The Labute approximate surface area is 162 Å². The molecule has 0 saturated heterocycles. The molecule has 0 bridgehead atoms. The molecule has 0 unspecified atom stereocenters. The van der Waals surface area contributed by atoms with Gasteiger partial charge in [-0.25, -0.2) is 0 Å². The van der Waals surface area contributed by atoms with Gasteiger partial charge in [0.2, 0.25) is 11.7 Å². The lowest BCUT2D eigenvalue weighted by Gasteiger charge is -2.01.